The first-order chi connectivity index (χ1) is 11.2. The van der Waals surface area contributed by atoms with Gasteiger partial charge in [-0.25, -0.2) is 4.52 Å². The van der Waals surface area contributed by atoms with Crippen LogP contribution in [0.25, 0.3) is 27.5 Å². The first-order valence-electron chi connectivity index (χ1n) is 6.92. The minimum absolute atomic E-state index is 0.319. The SMILES string of the molecule is O=c1nc2scc(-c3ccc(Cl)cc3)n2nc1-c1ccccc1. The monoisotopic (exact) mass is 339 g/mol. The summed E-state index contributed by atoms with van der Waals surface area (Å²) in [5.41, 5.74) is 2.63. The van der Waals surface area contributed by atoms with Gasteiger partial charge in [-0.1, -0.05) is 54.1 Å². The van der Waals surface area contributed by atoms with Gasteiger partial charge in [-0.2, -0.15) is 10.1 Å². The molecule has 0 atom stereocenters. The lowest BCUT2D eigenvalue weighted by molar-refractivity contribution is 0.914. The second-order valence-corrected chi connectivity index (χ2v) is 6.23. The highest BCUT2D eigenvalue weighted by atomic mass is 35.5. The zero-order valence-electron chi connectivity index (χ0n) is 11.8. The highest BCUT2D eigenvalue weighted by Crippen LogP contribution is 2.26. The van der Waals surface area contributed by atoms with Crippen molar-refractivity contribution in [2.24, 2.45) is 0 Å². The van der Waals surface area contributed by atoms with Gasteiger partial charge < -0.3 is 0 Å². The van der Waals surface area contributed by atoms with E-state index >= 15 is 0 Å². The Morgan fingerprint density at radius 3 is 2.43 bits per heavy atom. The Kier molecular flexibility index (Phi) is 3.44. The van der Waals surface area contributed by atoms with Crippen molar-refractivity contribution in [2.45, 2.75) is 0 Å². The lowest BCUT2D eigenvalue weighted by atomic mass is 10.1. The lowest BCUT2D eigenvalue weighted by Gasteiger charge is -2.04. The van der Waals surface area contributed by atoms with Gasteiger partial charge in [0.05, 0.1) is 5.69 Å². The predicted molar refractivity (Wildman–Crippen MR) is 93.0 cm³/mol. The highest BCUT2D eigenvalue weighted by Gasteiger charge is 2.13. The molecule has 112 valence electrons. The van der Waals surface area contributed by atoms with Crippen molar-refractivity contribution in [3.8, 4) is 22.5 Å². The molecule has 0 unspecified atom stereocenters. The zero-order valence-corrected chi connectivity index (χ0v) is 13.4. The normalized spacial score (nSPS) is 11.0. The number of aromatic nitrogens is 3. The third kappa shape index (κ3) is 2.54. The van der Waals surface area contributed by atoms with Crippen LogP contribution >= 0.6 is 22.9 Å². The molecule has 0 saturated carbocycles. The average molecular weight is 340 g/mol. The van der Waals surface area contributed by atoms with Crippen molar-refractivity contribution in [3.05, 3.63) is 75.4 Å². The van der Waals surface area contributed by atoms with E-state index in [1.165, 1.54) is 11.3 Å². The number of hydrogen-bond acceptors (Lipinski definition) is 4. The number of nitrogens with zero attached hydrogens (tertiary/aromatic N) is 3. The van der Waals surface area contributed by atoms with Crippen LogP contribution in [-0.4, -0.2) is 14.6 Å². The van der Waals surface area contributed by atoms with E-state index in [4.69, 9.17) is 11.6 Å². The Labute approximate surface area is 140 Å². The van der Waals surface area contributed by atoms with Gasteiger partial charge in [-0.05, 0) is 12.1 Å². The van der Waals surface area contributed by atoms with Crippen LogP contribution < -0.4 is 5.56 Å². The third-order valence-electron chi connectivity index (χ3n) is 3.47. The molecule has 0 spiro atoms. The van der Waals surface area contributed by atoms with E-state index in [9.17, 15) is 4.79 Å². The maximum absolute atomic E-state index is 12.2. The molecule has 0 radical (unpaired) electrons. The molecule has 0 aliphatic rings. The summed E-state index contributed by atoms with van der Waals surface area (Å²) < 4.78 is 1.71. The Morgan fingerprint density at radius 2 is 1.70 bits per heavy atom. The molecule has 0 fully saturated rings. The zero-order chi connectivity index (χ0) is 15.8. The van der Waals surface area contributed by atoms with E-state index in [-0.39, 0.29) is 5.56 Å². The van der Waals surface area contributed by atoms with E-state index in [0.717, 1.165) is 16.8 Å². The fraction of sp³-hybridized carbons (Fsp3) is 0. The largest absolute Gasteiger partial charge is 0.300 e. The van der Waals surface area contributed by atoms with Crippen LogP contribution in [0.2, 0.25) is 5.02 Å². The maximum atomic E-state index is 12.2. The Hall–Kier alpha value is -2.50. The van der Waals surface area contributed by atoms with Gasteiger partial charge in [0, 0.05) is 21.5 Å². The molecule has 4 nitrogen and oxygen atoms in total. The fourth-order valence-electron chi connectivity index (χ4n) is 2.35. The lowest BCUT2D eigenvalue weighted by Crippen LogP contribution is -2.14. The highest BCUT2D eigenvalue weighted by molar-refractivity contribution is 7.15. The molecule has 4 aromatic rings. The van der Waals surface area contributed by atoms with Gasteiger partial charge in [-0.3, -0.25) is 4.79 Å². The quantitative estimate of drug-likeness (QED) is 0.551. The fourth-order valence-corrected chi connectivity index (χ4v) is 3.31. The van der Waals surface area contributed by atoms with Gasteiger partial charge in [0.25, 0.3) is 0 Å². The van der Waals surface area contributed by atoms with Crippen LogP contribution in [0.1, 0.15) is 0 Å². The molecular formula is C17H10ClN3OS. The van der Waals surface area contributed by atoms with Crippen LogP contribution in [0, 0.1) is 0 Å². The van der Waals surface area contributed by atoms with Crippen molar-refractivity contribution < 1.29 is 0 Å². The van der Waals surface area contributed by atoms with Crippen LogP contribution in [0.3, 0.4) is 0 Å². The van der Waals surface area contributed by atoms with Gasteiger partial charge in [0.2, 0.25) is 4.96 Å². The van der Waals surface area contributed by atoms with Gasteiger partial charge in [-0.15, -0.1) is 11.3 Å². The average Bonchev–Trinajstić information content (AvgIpc) is 2.98. The number of halogens is 1. The molecule has 4 rings (SSSR count). The summed E-state index contributed by atoms with van der Waals surface area (Å²) in [5.74, 6) is 0. The summed E-state index contributed by atoms with van der Waals surface area (Å²) in [6, 6.07) is 16.9. The molecule has 2 heterocycles. The van der Waals surface area contributed by atoms with E-state index in [2.05, 4.69) is 10.1 Å². The molecule has 2 aromatic carbocycles. The molecule has 2 aromatic heterocycles. The molecule has 0 bridgehead atoms. The van der Waals surface area contributed by atoms with Crippen molar-refractivity contribution >= 4 is 27.9 Å². The van der Waals surface area contributed by atoms with E-state index < -0.39 is 0 Å². The number of thiazole rings is 1. The topological polar surface area (TPSA) is 47.3 Å². The molecule has 0 aliphatic heterocycles. The first kappa shape index (κ1) is 14.1. The van der Waals surface area contributed by atoms with E-state index in [1.54, 1.807) is 4.52 Å². The van der Waals surface area contributed by atoms with Gasteiger partial charge >= 0.3 is 5.56 Å². The summed E-state index contributed by atoms with van der Waals surface area (Å²) in [7, 11) is 0. The molecule has 0 saturated heterocycles. The van der Waals surface area contributed by atoms with Crippen LogP contribution in [0.4, 0.5) is 0 Å². The second-order valence-electron chi connectivity index (χ2n) is 4.95. The minimum atomic E-state index is -0.319. The standard InChI is InChI=1S/C17H10ClN3OS/c18-13-8-6-11(7-9-13)14-10-23-17-19-16(22)15(20-21(14)17)12-4-2-1-3-5-12/h1-10H. The Morgan fingerprint density at radius 1 is 0.957 bits per heavy atom. The van der Waals surface area contributed by atoms with Crippen molar-refractivity contribution in [3.63, 3.8) is 0 Å². The van der Waals surface area contributed by atoms with Crippen LogP contribution in [-0.2, 0) is 0 Å². The molecule has 6 heteroatoms. The number of rotatable bonds is 2. The second kappa shape index (κ2) is 5.61. The summed E-state index contributed by atoms with van der Waals surface area (Å²) in [6.07, 6.45) is 0. The van der Waals surface area contributed by atoms with Crippen LogP contribution in [0.5, 0.6) is 0 Å². The van der Waals surface area contributed by atoms with Crippen molar-refractivity contribution in [1.82, 2.24) is 14.6 Å². The molecule has 23 heavy (non-hydrogen) atoms. The van der Waals surface area contributed by atoms with Gasteiger partial charge in [0.15, 0.2) is 5.69 Å². The molecular weight excluding hydrogens is 330 g/mol. The predicted octanol–water partition coefficient (Wildman–Crippen LogP) is 4.14. The summed E-state index contributed by atoms with van der Waals surface area (Å²) in [4.78, 5) is 16.9. The maximum Gasteiger partial charge on any atom is 0.300 e. The number of hydrogen-bond donors (Lipinski definition) is 0. The number of fused-ring (bicyclic) bond motifs is 1. The minimum Gasteiger partial charge on any atom is -0.265 e. The van der Waals surface area contributed by atoms with Crippen LogP contribution in [0.15, 0.2) is 64.8 Å². The third-order valence-corrected chi connectivity index (χ3v) is 4.54. The van der Waals surface area contributed by atoms with Gasteiger partial charge in [0.1, 0.15) is 0 Å². The molecule has 0 amide bonds. The first-order valence-corrected chi connectivity index (χ1v) is 8.18. The number of benzene rings is 2. The van der Waals surface area contributed by atoms with E-state index in [0.29, 0.717) is 15.7 Å². The summed E-state index contributed by atoms with van der Waals surface area (Å²) in [5, 5.41) is 7.14. The molecule has 0 N–H and O–H groups in total. The Bertz CT molecular complexity index is 1040. The smallest absolute Gasteiger partial charge is 0.265 e. The Balaban J connectivity index is 1.95. The van der Waals surface area contributed by atoms with E-state index in [1.807, 2.05) is 60.0 Å². The summed E-state index contributed by atoms with van der Waals surface area (Å²) in [6.45, 7) is 0. The van der Waals surface area contributed by atoms with Crippen molar-refractivity contribution in [1.29, 1.82) is 0 Å². The van der Waals surface area contributed by atoms with Crippen molar-refractivity contribution in [2.75, 3.05) is 0 Å². The summed E-state index contributed by atoms with van der Waals surface area (Å²) >= 11 is 7.33. The molecule has 0 aliphatic carbocycles.